The van der Waals surface area contributed by atoms with Crippen molar-refractivity contribution in [2.75, 3.05) is 6.61 Å². The van der Waals surface area contributed by atoms with Crippen LogP contribution >= 0.6 is 0 Å². The van der Waals surface area contributed by atoms with Crippen molar-refractivity contribution in [3.63, 3.8) is 0 Å². The third-order valence-electron chi connectivity index (χ3n) is 1.22. The molecule has 0 aliphatic carbocycles. The summed E-state index contributed by atoms with van der Waals surface area (Å²) in [6.45, 7) is 0.106. The molecular weight excluding hydrogens is 147 g/mol. The van der Waals surface area contributed by atoms with Crippen molar-refractivity contribution in [2.45, 2.75) is 0 Å². The Morgan fingerprint density at radius 1 is 1.18 bits per heavy atom. The molecule has 1 N–H and O–H groups in total. The van der Waals surface area contributed by atoms with E-state index in [9.17, 15) is 0 Å². The first-order valence-corrected chi connectivity index (χ1v) is 3.26. The maximum atomic E-state index is 8.44. The topological polar surface area (TPSA) is 20.2 Å². The molecular formula is C9H11NaO. The molecule has 2 heteroatoms. The van der Waals surface area contributed by atoms with Gasteiger partial charge in [0, 0.05) is 0 Å². The molecule has 0 aliphatic heterocycles. The summed E-state index contributed by atoms with van der Waals surface area (Å²) < 4.78 is 0. The number of hydrogen-bond acceptors (Lipinski definition) is 1. The van der Waals surface area contributed by atoms with E-state index < -0.39 is 0 Å². The van der Waals surface area contributed by atoms with Crippen LogP contribution in [-0.4, -0.2) is 41.3 Å². The summed E-state index contributed by atoms with van der Waals surface area (Å²) in [5.41, 5.74) is 1.12. The Labute approximate surface area is 89.0 Å². The van der Waals surface area contributed by atoms with Gasteiger partial charge >= 0.3 is 29.6 Å². The standard InChI is InChI=1S/C9H10O.Na.H/c10-8-4-7-9-5-2-1-3-6-9;;/h1-7,10H,8H2;;/b7-4+;;. The van der Waals surface area contributed by atoms with Crippen LogP contribution in [0.15, 0.2) is 36.4 Å². The number of hydrogen-bond donors (Lipinski definition) is 1. The third-order valence-corrected chi connectivity index (χ3v) is 1.22. The van der Waals surface area contributed by atoms with Crippen molar-refractivity contribution in [1.29, 1.82) is 0 Å². The second-order valence-corrected chi connectivity index (χ2v) is 2.00. The van der Waals surface area contributed by atoms with Gasteiger partial charge in [0.25, 0.3) is 0 Å². The van der Waals surface area contributed by atoms with Gasteiger partial charge in [-0.15, -0.1) is 0 Å². The molecule has 0 bridgehead atoms. The molecule has 0 aromatic heterocycles. The van der Waals surface area contributed by atoms with Crippen LogP contribution in [0.4, 0.5) is 0 Å². The Balaban J connectivity index is 0.000001000. The van der Waals surface area contributed by atoms with Gasteiger partial charge in [0.05, 0.1) is 6.61 Å². The van der Waals surface area contributed by atoms with Crippen molar-refractivity contribution in [3.8, 4) is 0 Å². The van der Waals surface area contributed by atoms with Crippen LogP contribution < -0.4 is 0 Å². The molecule has 1 aromatic rings. The monoisotopic (exact) mass is 158 g/mol. The van der Waals surface area contributed by atoms with Crippen LogP contribution in [-0.2, 0) is 0 Å². The van der Waals surface area contributed by atoms with Gasteiger partial charge in [-0.05, 0) is 5.56 Å². The Morgan fingerprint density at radius 2 is 1.82 bits per heavy atom. The molecule has 0 unspecified atom stereocenters. The zero-order valence-corrected chi connectivity index (χ0v) is 5.70. The van der Waals surface area contributed by atoms with Crippen LogP contribution in [0.2, 0.25) is 0 Å². The molecule has 54 valence electrons. The summed E-state index contributed by atoms with van der Waals surface area (Å²) in [5.74, 6) is 0. The van der Waals surface area contributed by atoms with E-state index >= 15 is 0 Å². The SMILES string of the molecule is OC/C=C/c1ccccc1.[NaH]. The summed E-state index contributed by atoms with van der Waals surface area (Å²) in [5, 5.41) is 8.44. The van der Waals surface area contributed by atoms with Gasteiger partial charge in [0.15, 0.2) is 0 Å². The van der Waals surface area contributed by atoms with E-state index in [-0.39, 0.29) is 36.2 Å². The van der Waals surface area contributed by atoms with Gasteiger partial charge in [0.2, 0.25) is 0 Å². The molecule has 0 saturated heterocycles. The average Bonchev–Trinajstić information content (AvgIpc) is 2.03. The minimum absolute atomic E-state index is 0. The van der Waals surface area contributed by atoms with Crippen LogP contribution in [0.25, 0.3) is 6.08 Å². The molecule has 0 fully saturated rings. The van der Waals surface area contributed by atoms with Crippen molar-refractivity contribution in [1.82, 2.24) is 0 Å². The fourth-order valence-electron chi connectivity index (χ4n) is 0.753. The number of aliphatic hydroxyl groups excluding tert-OH is 1. The van der Waals surface area contributed by atoms with E-state index in [1.807, 2.05) is 36.4 Å². The predicted molar refractivity (Wildman–Crippen MR) is 49.7 cm³/mol. The summed E-state index contributed by atoms with van der Waals surface area (Å²) in [7, 11) is 0. The Hall–Kier alpha value is -0.0800. The van der Waals surface area contributed by atoms with E-state index in [0.29, 0.717) is 0 Å². The number of rotatable bonds is 2. The van der Waals surface area contributed by atoms with Crippen molar-refractivity contribution >= 4 is 35.6 Å². The molecule has 0 saturated carbocycles. The molecule has 1 rings (SSSR count). The quantitative estimate of drug-likeness (QED) is 0.638. The van der Waals surface area contributed by atoms with Crippen molar-refractivity contribution < 1.29 is 5.11 Å². The first-order valence-electron chi connectivity index (χ1n) is 3.26. The van der Waals surface area contributed by atoms with Gasteiger partial charge in [-0.25, -0.2) is 0 Å². The second-order valence-electron chi connectivity index (χ2n) is 2.00. The Kier molecular flexibility index (Phi) is 6.57. The van der Waals surface area contributed by atoms with E-state index in [1.165, 1.54) is 0 Å². The number of aliphatic hydroxyl groups is 1. The first kappa shape index (κ1) is 10.9. The fourth-order valence-corrected chi connectivity index (χ4v) is 0.753. The zero-order chi connectivity index (χ0) is 7.23. The van der Waals surface area contributed by atoms with E-state index in [4.69, 9.17) is 5.11 Å². The Morgan fingerprint density at radius 3 is 2.36 bits per heavy atom. The van der Waals surface area contributed by atoms with Crippen LogP contribution in [0, 0.1) is 0 Å². The van der Waals surface area contributed by atoms with Crippen LogP contribution in [0.3, 0.4) is 0 Å². The summed E-state index contributed by atoms with van der Waals surface area (Å²) in [6.07, 6.45) is 3.61. The molecule has 1 nitrogen and oxygen atoms in total. The number of benzene rings is 1. The fraction of sp³-hybridized carbons (Fsp3) is 0.111. The molecule has 0 atom stereocenters. The molecule has 0 aliphatic rings. The molecule has 1 aromatic carbocycles. The molecule has 11 heavy (non-hydrogen) atoms. The molecule has 0 amide bonds. The van der Waals surface area contributed by atoms with Crippen molar-refractivity contribution in [3.05, 3.63) is 42.0 Å². The third kappa shape index (κ3) is 4.38. The molecule has 0 radical (unpaired) electrons. The summed E-state index contributed by atoms with van der Waals surface area (Å²) in [4.78, 5) is 0. The minimum atomic E-state index is 0. The summed E-state index contributed by atoms with van der Waals surface area (Å²) >= 11 is 0. The van der Waals surface area contributed by atoms with E-state index in [0.717, 1.165) is 5.56 Å². The molecule has 0 spiro atoms. The van der Waals surface area contributed by atoms with E-state index in [2.05, 4.69) is 0 Å². The van der Waals surface area contributed by atoms with Crippen LogP contribution in [0.1, 0.15) is 5.56 Å². The van der Waals surface area contributed by atoms with Gasteiger partial charge < -0.3 is 5.11 Å². The average molecular weight is 158 g/mol. The first-order chi connectivity index (χ1) is 4.93. The van der Waals surface area contributed by atoms with Gasteiger partial charge in [-0.1, -0.05) is 42.5 Å². The van der Waals surface area contributed by atoms with Gasteiger partial charge in [-0.3, -0.25) is 0 Å². The van der Waals surface area contributed by atoms with Crippen LogP contribution in [0.5, 0.6) is 0 Å². The van der Waals surface area contributed by atoms with E-state index in [1.54, 1.807) is 6.08 Å². The predicted octanol–water partition coefficient (Wildman–Crippen LogP) is 1.04. The normalized spacial score (nSPS) is 9.55. The van der Waals surface area contributed by atoms with Crippen molar-refractivity contribution in [2.24, 2.45) is 0 Å². The van der Waals surface area contributed by atoms with Gasteiger partial charge in [-0.2, -0.15) is 0 Å². The second kappa shape index (κ2) is 6.62. The Bertz CT molecular complexity index is 206. The maximum absolute atomic E-state index is 8.44. The summed E-state index contributed by atoms with van der Waals surface area (Å²) in [6, 6.07) is 9.89. The van der Waals surface area contributed by atoms with Gasteiger partial charge in [0.1, 0.15) is 0 Å². The molecule has 0 heterocycles. The zero-order valence-electron chi connectivity index (χ0n) is 5.70.